The molecule has 3 N–H and O–H groups in total. The van der Waals surface area contributed by atoms with Gasteiger partial charge in [0, 0.05) is 17.3 Å². The van der Waals surface area contributed by atoms with Crippen LogP contribution >= 0.6 is 0 Å². The molecule has 3 aromatic carbocycles. The molecule has 1 saturated heterocycles. The van der Waals surface area contributed by atoms with Crippen LogP contribution in [0.1, 0.15) is 76.7 Å². The van der Waals surface area contributed by atoms with Gasteiger partial charge < -0.3 is 20.1 Å². The van der Waals surface area contributed by atoms with Crippen LogP contribution in [0.2, 0.25) is 0 Å². The van der Waals surface area contributed by atoms with E-state index in [1.807, 2.05) is 60.7 Å². The first-order chi connectivity index (χ1) is 22.9. The van der Waals surface area contributed by atoms with Crippen molar-refractivity contribution < 1.29 is 29.6 Å². The highest BCUT2D eigenvalue weighted by molar-refractivity contribution is 6.06. The standard InChI is InChI=1S/C40H47NO6/c1-2-11-26(22-27-19-21-35(43)32-17-10-9-16-31(27)32)18-20-36(44)37-28(25-47-30-14-7-4-8-15-30)23-33-38(34(37)24-42)40(46)41(39(33)45)29-12-5-3-6-13-29/h4,7-10,14-17,19,21-22,29,33-34,36,38,42-44H,2-3,5-6,11-13,18,20,23-25H2,1H3/b26-22+/t33-,34+,36-,38-/m1/s1. The maximum atomic E-state index is 14.0. The van der Waals surface area contributed by atoms with Crippen molar-refractivity contribution in [3.63, 3.8) is 0 Å². The molecular weight excluding hydrogens is 590 g/mol. The molecule has 0 bridgehead atoms. The summed E-state index contributed by atoms with van der Waals surface area (Å²) in [6.45, 7) is 1.99. The van der Waals surface area contributed by atoms with Crippen molar-refractivity contribution in [1.29, 1.82) is 0 Å². The number of hydrogen-bond acceptors (Lipinski definition) is 6. The average molecular weight is 638 g/mol. The van der Waals surface area contributed by atoms with Crippen LogP contribution in [-0.4, -0.2) is 57.4 Å². The van der Waals surface area contributed by atoms with Gasteiger partial charge in [0.2, 0.25) is 11.8 Å². The number of aliphatic hydroxyl groups excluding tert-OH is 2. The number of benzene rings is 3. The van der Waals surface area contributed by atoms with Crippen LogP contribution in [-0.2, 0) is 9.59 Å². The number of para-hydroxylation sites is 1. The fourth-order valence-electron chi connectivity index (χ4n) is 8.22. The van der Waals surface area contributed by atoms with E-state index in [0.717, 1.165) is 66.9 Å². The van der Waals surface area contributed by atoms with Crippen molar-refractivity contribution in [2.45, 2.75) is 83.3 Å². The lowest BCUT2D eigenvalue weighted by atomic mass is 9.68. The molecule has 7 heteroatoms. The van der Waals surface area contributed by atoms with Crippen molar-refractivity contribution in [3.8, 4) is 11.5 Å². The molecule has 2 fully saturated rings. The zero-order chi connectivity index (χ0) is 32.9. The molecule has 0 unspecified atom stereocenters. The van der Waals surface area contributed by atoms with Crippen LogP contribution in [0.15, 0.2) is 83.4 Å². The highest BCUT2D eigenvalue weighted by Gasteiger charge is 2.56. The van der Waals surface area contributed by atoms with Gasteiger partial charge in [0.25, 0.3) is 0 Å². The third-order valence-electron chi connectivity index (χ3n) is 10.5. The van der Waals surface area contributed by atoms with Crippen molar-refractivity contribution in [2.75, 3.05) is 13.2 Å². The van der Waals surface area contributed by atoms with Gasteiger partial charge >= 0.3 is 0 Å². The minimum atomic E-state index is -0.911. The molecule has 47 heavy (non-hydrogen) atoms. The Morgan fingerprint density at radius 2 is 1.66 bits per heavy atom. The lowest BCUT2D eigenvalue weighted by Gasteiger charge is -2.36. The molecule has 6 rings (SSSR count). The molecule has 248 valence electrons. The van der Waals surface area contributed by atoms with E-state index >= 15 is 0 Å². The molecule has 2 aliphatic carbocycles. The molecule has 4 atom stereocenters. The number of aromatic hydroxyl groups is 1. The minimum Gasteiger partial charge on any atom is -0.507 e. The molecular formula is C40H47NO6. The van der Waals surface area contributed by atoms with Gasteiger partial charge in [-0.15, -0.1) is 0 Å². The Hall–Kier alpha value is -3.94. The Morgan fingerprint density at radius 3 is 2.38 bits per heavy atom. The van der Waals surface area contributed by atoms with Gasteiger partial charge in [0.1, 0.15) is 18.1 Å². The average Bonchev–Trinajstić information content (AvgIpc) is 3.36. The highest BCUT2D eigenvalue weighted by atomic mass is 16.5. The molecule has 0 radical (unpaired) electrons. The predicted octanol–water partition coefficient (Wildman–Crippen LogP) is 7.19. The van der Waals surface area contributed by atoms with Crippen LogP contribution in [0.4, 0.5) is 0 Å². The third kappa shape index (κ3) is 6.88. The number of allylic oxidation sites excluding steroid dienone is 1. The smallest absolute Gasteiger partial charge is 0.234 e. The number of imide groups is 1. The Bertz CT molecular complexity index is 1640. The minimum absolute atomic E-state index is 0.0798. The predicted molar refractivity (Wildman–Crippen MR) is 184 cm³/mol. The molecule has 1 heterocycles. The quantitative estimate of drug-likeness (QED) is 0.143. The number of ether oxygens (including phenoxy) is 1. The zero-order valence-corrected chi connectivity index (χ0v) is 27.3. The van der Waals surface area contributed by atoms with E-state index in [1.54, 1.807) is 6.07 Å². The molecule has 3 aliphatic rings. The molecule has 1 aliphatic heterocycles. The maximum Gasteiger partial charge on any atom is 0.234 e. The number of fused-ring (bicyclic) bond motifs is 2. The second-order valence-corrected chi connectivity index (χ2v) is 13.5. The van der Waals surface area contributed by atoms with E-state index in [2.05, 4.69) is 13.0 Å². The Morgan fingerprint density at radius 1 is 0.936 bits per heavy atom. The highest BCUT2D eigenvalue weighted by Crippen LogP contribution is 2.48. The van der Waals surface area contributed by atoms with Crippen molar-refractivity contribution in [2.24, 2.45) is 17.8 Å². The summed E-state index contributed by atoms with van der Waals surface area (Å²) in [4.78, 5) is 29.4. The second kappa shape index (κ2) is 14.9. The Kier molecular flexibility index (Phi) is 10.4. The first-order valence-electron chi connectivity index (χ1n) is 17.4. The van der Waals surface area contributed by atoms with Crippen molar-refractivity contribution >= 4 is 28.7 Å². The van der Waals surface area contributed by atoms with E-state index in [0.29, 0.717) is 30.6 Å². The van der Waals surface area contributed by atoms with Crippen molar-refractivity contribution in [3.05, 3.63) is 89.0 Å². The number of nitrogens with zero attached hydrogens (tertiary/aromatic N) is 1. The van der Waals surface area contributed by atoms with Gasteiger partial charge in [-0.05, 0) is 78.8 Å². The number of amides is 2. The Labute approximate surface area is 277 Å². The summed E-state index contributed by atoms with van der Waals surface area (Å²) in [7, 11) is 0. The number of carbonyl (C=O) groups excluding carboxylic acids is 2. The van der Waals surface area contributed by atoms with Crippen LogP contribution in [0.25, 0.3) is 16.8 Å². The van der Waals surface area contributed by atoms with E-state index in [1.165, 1.54) is 10.5 Å². The monoisotopic (exact) mass is 637 g/mol. The van der Waals surface area contributed by atoms with Crippen LogP contribution in [0.3, 0.4) is 0 Å². The van der Waals surface area contributed by atoms with Gasteiger partial charge in [-0.1, -0.05) is 92.8 Å². The van der Waals surface area contributed by atoms with E-state index in [4.69, 9.17) is 4.74 Å². The maximum absolute atomic E-state index is 14.0. The first-order valence-corrected chi connectivity index (χ1v) is 17.4. The summed E-state index contributed by atoms with van der Waals surface area (Å²) in [5, 5.41) is 34.9. The van der Waals surface area contributed by atoms with E-state index in [-0.39, 0.29) is 36.8 Å². The summed E-state index contributed by atoms with van der Waals surface area (Å²) in [5.74, 6) is -1.27. The van der Waals surface area contributed by atoms with E-state index < -0.39 is 23.9 Å². The van der Waals surface area contributed by atoms with Crippen LogP contribution in [0.5, 0.6) is 11.5 Å². The zero-order valence-electron chi connectivity index (χ0n) is 27.3. The van der Waals surface area contributed by atoms with Crippen LogP contribution < -0.4 is 4.74 Å². The number of rotatable bonds is 12. The molecule has 0 aromatic heterocycles. The summed E-state index contributed by atoms with van der Waals surface area (Å²) in [5.41, 5.74) is 3.65. The molecule has 0 spiro atoms. The lowest BCUT2D eigenvalue weighted by Crippen LogP contribution is -2.42. The SMILES string of the molecule is CCC/C(=C\c1ccc(O)c2ccccc12)CC[C@@H](O)C1=C(COc2ccccc2)C[C@H]2C(=O)N(C3CCCCC3)C(=O)[C@H]2[C@H]1CO. The molecule has 2 amide bonds. The van der Waals surface area contributed by atoms with Crippen LogP contribution in [0, 0.1) is 17.8 Å². The molecule has 7 nitrogen and oxygen atoms in total. The van der Waals surface area contributed by atoms with Crippen molar-refractivity contribution in [1.82, 2.24) is 4.90 Å². The normalized spacial score (nSPS) is 23.0. The summed E-state index contributed by atoms with van der Waals surface area (Å²) >= 11 is 0. The number of phenols is 1. The largest absolute Gasteiger partial charge is 0.507 e. The topological polar surface area (TPSA) is 107 Å². The number of carbonyl (C=O) groups is 2. The van der Waals surface area contributed by atoms with Gasteiger partial charge in [-0.25, -0.2) is 0 Å². The molecule has 3 aromatic rings. The summed E-state index contributed by atoms with van der Waals surface area (Å²) < 4.78 is 6.17. The van der Waals surface area contributed by atoms with Gasteiger partial charge in [-0.2, -0.15) is 0 Å². The number of phenolic OH excluding ortho intramolecular Hbond substituents is 1. The second-order valence-electron chi connectivity index (χ2n) is 13.5. The molecule has 1 saturated carbocycles. The fraction of sp³-hybridized carbons (Fsp3) is 0.450. The summed E-state index contributed by atoms with van der Waals surface area (Å²) in [6, 6.07) is 20.8. The van der Waals surface area contributed by atoms with Gasteiger partial charge in [0.15, 0.2) is 0 Å². The lowest BCUT2D eigenvalue weighted by molar-refractivity contribution is -0.143. The fourth-order valence-corrected chi connectivity index (χ4v) is 8.22. The number of aliphatic hydroxyl groups is 2. The number of likely N-dealkylation sites (tertiary alicyclic amines) is 1. The van der Waals surface area contributed by atoms with Gasteiger partial charge in [0.05, 0.1) is 24.5 Å². The number of hydrogen-bond donors (Lipinski definition) is 3. The third-order valence-corrected chi connectivity index (χ3v) is 10.5. The Balaban J connectivity index is 1.29. The van der Waals surface area contributed by atoms with Gasteiger partial charge in [-0.3, -0.25) is 14.5 Å². The van der Waals surface area contributed by atoms with E-state index in [9.17, 15) is 24.9 Å². The first kappa shape index (κ1) is 33.0. The summed E-state index contributed by atoms with van der Waals surface area (Å²) in [6.07, 6.45) is 9.20.